The van der Waals surface area contributed by atoms with E-state index in [0.717, 1.165) is 17.7 Å². The number of hydrogen-bond acceptors (Lipinski definition) is 1. The summed E-state index contributed by atoms with van der Waals surface area (Å²) in [6.07, 6.45) is 14.2. The van der Waals surface area contributed by atoms with Gasteiger partial charge in [0.15, 0.2) is 0 Å². The molecule has 0 spiro atoms. The minimum Gasteiger partial charge on any atom is -0.257 e. The first kappa shape index (κ1) is 21.6. The van der Waals surface area contributed by atoms with Crippen LogP contribution in [0.2, 0.25) is 0 Å². The first-order valence-electron chi connectivity index (χ1n) is 6.10. The number of rotatable bonds is 6. The van der Waals surface area contributed by atoms with Gasteiger partial charge in [0, 0.05) is 6.21 Å². The van der Waals surface area contributed by atoms with Crippen LogP contribution in [0.5, 0.6) is 0 Å². The molecule has 0 saturated carbocycles. The first-order valence-corrected chi connectivity index (χ1v) is 6.10. The Morgan fingerprint density at radius 1 is 1.22 bits per heavy atom. The van der Waals surface area contributed by atoms with Crippen LogP contribution in [0.15, 0.2) is 65.9 Å². The molecule has 0 rings (SSSR count). The molecule has 0 aromatic carbocycles. The summed E-state index contributed by atoms with van der Waals surface area (Å²) >= 11 is 0. The lowest BCUT2D eigenvalue weighted by atomic mass is 10.2. The Hall–Kier alpha value is -1.63. The summed E-state index contributed by atoms with van der Waals surface area (Å²) < 4.78 is 0. The van der Waals surface area contributed by atoms with Crippen LogP contribution < -0.4 is 0 Å². The highest BCUT2D eigenvalue weighted by atomic mass is 14.7. The predicted molar refractivity (Wildman–Crippen MR) is 88.2 cm³/mol. The van der Waals surface area contributed by atoms with E-state index >= 15 is 0 Å². The van der Waals surface area contributed by atoms with E-state index in [4.69, 9.17) is 0 Å². The highest BCUT2D eigenvalue weighted by Gasteiger charge is 1.86. The van der Waals surface area contributed by atoms with Gasteiger partial charge >= 0.3 is 0 Å². The Labute approximate surface area is 114 Å². The Morgan fingerprint density at radius 2 is 1.83 bits per heavy atom. The van der Waals surface area contributed by atoms with Gasteiger partial charge in [-0.05, 0) is 25.0 Å². The zero-order valence-electron chi connectivity index (χ0n) is 11.6. The van der Waals surface area contributed by atoms with Gasteiger partial charge in [-0.2, -0.15) is 0 Å². The fraction of sp³-hybridized carbons (Fsp3) is 0.353. The van der Waals surface area contributed by atoms with Crippen LogP contribution in [0, 0.1) is 0 Å². The third-order valence-electron chi connectivity index (χ3n) is 1.73. The van der Waals surface area contributed by atoms with Crippen molar-refractivity contribution in [3.8, 4) is 0 Å². The van der Waals surface area contributed by atoms with E-state index in [-0.39, 0.29) is 7.43 Å². The molecule has 0 aliphatic rings. The van der Waals surface area contributed by atoms with Crippen molar-refractivity contribution in [3.63, 3.8) is 0 Å². The maximum atomic E-state index is 4.33. The Balaban J connectivity index is -0.000000709. The molecule has 1 nitrogen and oxygen atoms in total. The molecule has 0 aliphatic carbocycles. The van der Waals surface area contributed by atoms with E-state index < -0.39 is 0 Å². The van der Waals surface area contributed by atoms with Gasteiger partial charge in [0.25, 0.3) is 0 Å². The lowest BCUT2D eigenvalue weighted by molar-refractivity contribution is 1.21. The minimum absolute atomic E-state index is 0. The van der Waals surface area contributed by atoms with Crippen molar-refractivity contribution in [2.75, 3.05) is 0 Å². The monoisotopic (exact) mass is 247 g/mol. The van der Waals surface area contributed by atoms with Crippen molar-refractivity contribution in [1.29, 1.82) is 0 Å². The van der Waals surface area contributed by atoms with E-state index in [1.165, 1.54) is 0 Å². The van der Waals surface area contributed by atoms with E-state index in [9.17, 15) is 0 Å². The number of nitrogens with zero attached hydrogens (tertiary/aromatic N) is 1. The van der Waals surface area contributed by atoms with Crippen molar-refractivity contribution >= 4 is 6.21 Å². The minimum atomic E-state index is 0. The van der Waals surface area contributed by atoms with Crippen molar-refractivity contribution in [1.82, 2.24) is 0 Å². The molecule has 0 radical (unpaired) electrons. The molecule has 0 unspecified atom stereocenters. The smallest absolute Gasteiger partial charge is 0.0584 e. The van der Waals surface area contributed by atoms with Gasteiger partial charge in [0.1, 0.15) is 0 Å². The fourth-order valence-corrected chi connectivity index (χ4v) is 0.901. The van der Waals surface area contributed by atoms with Crippen LogP contribution in [0.3, 0.4) is 0 Å². The van der Waals surface area contributed by atoms with Gasteiger partial charge in [-0.3, -0.25) is 4.99 Å². The van der Waals surface area contributed by atoms with Gasteiger partial charge in [-0.15, -0.1) is 0 Å². The molecular weight excluding hydrogens is 218 g/mol. The Bertz CT molecular complexity index is 315. The van der Waals surface area contributed by atoms with Crippen LogP contribution in [-0.4, -0.2) is 6.21 Å². The van der Waals surface area contributed by atoms with Gasteiger partial charge < -0.3 is 0 Å². The molecule has 0 aromatic rings. The molecule has 0 amide bonds. The summed E-state index contributed by atoms with van der Waals surface area (Å²) in [5.41, 5.74) is 1.91. The van der Waals surface area contributed by atoms with Crippen LogP contribution in [-0.2, 0) is 0 Å². The third-order valence-corrected chi connectivity index (χ3v) is 1.73. The van der Waals surface area contributed by atoms with E-state index in [0.29, 0.717) is 0 Å². The van der Waals surface area contributed by atoms with Crippen molar-refractivity contribution < 1.29 is 0 Å². The molecule has 0 heterocycles. The van der Waals surface area contributed by atoms with Crippen molar-refractivity contribution in [2.45, 2.75) is 41.5 Å². The van der Waals surface area contributed by atoms with Crippen molar-refractivity contribution in [3.05, 3.63) is 60.9 Å². The second kappa shape index (κ2) is 17.8. The Morgan fingerprint density at radius 3 is 2.22 bits per heavy atom. The van der Waals surface area contributed by atoms with E-state index in [2.05, 4.69) is 31.2 Å². The molecule has 102 valence electrons. The second-order valence-corrected chi connectivity index (χ2v) is 2.89. The standard InChI is InChI=1S/C14H19N.C2H6.CH4/c1-5-9-11-14(8-4)15-12-13(7-3)10-6-2;1-2;/h6-12H,2-3,5H2,1,4H3;1-2H3;1H4/b11-9-,13-10+,14-8+,15-12-;;. The summed E-state index contributed by atoms with van der Waals surface area (Å²) in [6.45, 7) is 15.4. The lowest BCUT2D eigenvalue weighted by Crippen LogP contribution is -1.80. The molecule has 0 N–H and O–H groups in total. The quantitative estimate of drug-likeness (QED) is 0.410. The van der Waals surface area contributed by atoms with Crippen LogP contribution in [0.1, 0.15) is 41.5 Å². The number of hydrogen-bond donors (Lipinski definition) is 0. The van der Waals surface area contributed by atoms with Crippen LogP contribution in [0.4, 0.5) is 0 Å². The van der Waals surface area contributed by atoms with Gasteiger partial charge in [-0.1, -0.05) is 71.7 Å². The zero-order valence-corrected chi connectivity index (χ0v) is 11.6. The molecule has 0 atom stereocenters. The summed E-state index contributed by atoms with van der Waals surface area (Å²) in [5, 5.41) is 0. The molecular formula is C17H29N. The lowest BCUT2D eigenvalue weighted by Gasteiger charge is -1.93. The molecule has 18 heavy (non-hydrogen) atoms. The largest absolute Gasteiger partial charge is 0.257 e. The molecule has 0 aliphatic heterocycles. The van der Waals surface area contributed by atoms with Gasteiger partial charge in [-0.25, -0.2) is 0 Å². The number of aliphatic imine (C=N–C) groups is 1. The average molecular weight is 247 g/mol. The maximum Gasteiger partial charge on any atom is 0.0584 e. The molecule has 1 heteroatoms. The second-order valence-electron chi connectivity index (χ2n) is 2.89. The predicted octanol–water partition coefficient (Wildman–Crippen LogP) is 5.89. The topological polar surface area (TPSA) is 12.4 Å². The third kappa shape index (κ3) is 12.4. The highest BCUT2D eigenvalue weighted by molar-refractivity contribution is 5.83. The number of allylic oxidation sites excluding steroid dienone is 7. The molecule has 0 saturated heterocycles. The first-order chi connectivity index (χ1) is 8.28. The summed E-state index contributed by atoms with van der Waals surface area (Å²) in [7, 11) is 0. The maximum absolute atomic E-state index is 4.33. The average Bonchev–Trinajstić information content (AvgIpc) is 2.39. The summed E-state index contributed by atoms with van der Waals surface area (Å²) in [5.74, 6) is 0. The fourth-order valence-electron chi connectivity index (χ4n) is 0.901. The van der Waals surface area contributed by atoms with Crippen LogP contribution >= 0.6 is 0 Å². The highest BCUT2D eigenvalue weighted by Crippen LogP contribution is 2.01. The molecule has 0 bridgehead atoms. The summed E-state index contributed by atoms with van der Waals surface area (Å²) in [6, 6.07) is 0. The van der Waals surface area contributed by atoms with Crippen LogP contribution in [0.25, 0.3) is 0 Å². The molecule has 0 aromatic heterocycles. The normalized spacial score (nSPS) is 11.8. The van der Waals surface area contributed by atoms with E-state index in [1.807, 2.05) is 39.0 Å². The van der Waals surface area contributed by atoms with E-state index in [1.54, 1.807) is 18.4 Å². The SMILES string of the molecule is C.C=C/C=C(C=C)/C=N\C(\C=C/CC)=C\C.CC. The van der Waals surface area contributed by atoms with Crippen molar-refractivity contribution in [2.24, 2.45) is 4.99 Å². The van der Waals surface area contributed by atoms with Gasteiger partial charge in [0.2, 0.25) is 0 Å². The Kier molecular flexibility index (Phi) is 21.3. The van der Waals surface area contributed by atoms with Gasteiger partial charge in [0.05, 0.1) is 5.70 Å². The zero-order chi connectivity index (χ0) is 13.5. The summed E-state index contributed by atoms with van der Waals surface area (Å²) in [4.78, 5) is 4.33. The molecule has 0 fully saturated rings.